The molecular formula is C26H32N4. The summed E-state index contributed by atoms with van der Waals surface area (Å²) in [6.45, 7) is 8.55. The molecule has 30 heavy (non-hydrogen) atoms. The lowest BCUT2D eigenvalue weighted by molar-refractivity contribution is 0.956. The SMILES string of the molecule is CC(C)=CCCC(C)=CCc1cccc2nc(N(C)c3ccc(C)cc3)nc(N)c12. The second-order valence-electron chi connectivity index (χ2n) is 8.19. The van der Waals surface area contributed by atoms with Crippen molar-refractivity contribution in [3.05, 3.63) is 76.9 Å². The Bertz CT molecular complexity index is 1070. The van der Waals surface area contributed by atoms with Gasteiger partial charge in [0.1, 0.15) is 5.82 Å². The Morgan fingerprint density at radius 3 is 2.43 bits per heavy atom. The molecule has 3 aromatic rings. The van der Waals surface area contributed by atoms with Gasteiger partial charge in [0.15, 0.2) is 0 Å². The van der Waals surface area contributed by atoms with E-state index in [-0.39, 0.29) is 0 Å². The average Bonchev–Trinajstić information content (AvgIpc) is 2.71. The third-order valence-corrected chi connectivity index (χ3v) is 5.31. The van der Waals surface area contributed by atoms with Gasteiger partial charge in [-0.25, -0.2) is 4.98 Å². The monoisotopic (exact) mass is 400 g/mol. The number of aryl methyl sites for hydroxylation is 1. The summed E-state index contributed by atoms with van der Waals surface area (Å²) < 4.78 is 0. The lowest BCUT2D eigenvalue weighted by Crippen LogP contribution is -2.14. The molecule has 0 atom stereocenters. The quantitative estimate of drug-likeness (QED) is 0.458. The second-order valence-corrected chi connectivity index (χ2v) is 8.19. The van der Waals surface area contributed by atoms with E-state index in [9.17, 15) is 0 Å². The van der Waals surface area contributed by atoms with Gasteiger partial charge in [-0.15, -0.1) is 0 Å². The maximum atomic E-state index is 6.41. The lowest BCUT2D eigenvalue weighted by Gasteiger charge is -2.19. The summed E-state index contributed by atoms with van der Waals surface area (Å²) in [5.74, 6) is 1.13. The van der Waals surface area contributed by atoms with Crippen LogP contribution in [0, 0.1) is 6.92 Å². The first-order valence-corrected chi connectivity index (χ1v) is 10.5. The molecule has 2 aromatic carbocycles. The van der Waals surface area contributed by atoms with Gasteiger partial charge in [0.05, 0.1) is 5.52 Å². The van der Waals surface area contributed by atoms with Gasteiger partial charge < -0.3 is 10.6 Å². The smallest absolute Gasteiger partial charge is 0.232 e. The molecule has 0 radical (unpaired) electrons. The first-order chi connectivity index (χ1) is 14.3. The number of fused-ring (bicyclic) bond motifs is 1. The average molecular weight is 401 g/mol. The van der Waals surface area contributed by atoms with Crippen molar-refractivity contribution in [1.29, 1.82) is 0 Å². The van der Waals surface area contributed by atoms with Crippen LogP contribution in [0.4, 0.5) is 17.5 Å². The van der Waals surface area contributed by atoms with Gasteiger partial charge in [0.25, 0.3) is 0 Å². The highest BCUT2D eigenvalue weighted by Gasteiger charge is 2.13. The first-order valence-electron chi connectivity index (χ1n) is 10.5. The van der Waals surface area contributed by atoms with Gasteiger partial charge in [-0.2, -0.15) is 4.98 Å². The number of aromatic nitrogens is 2. The zero-order chi connectivity index (χ0) is 21.7. The molecule has 0 aliphatic rings. The molecule has 0 spiro atoms. The molecule has 2 N–H and O–H groups in total. The van der Waals surface area contributed by atoms with E-state index in [0.29, 0.717) is 11.8 Å². The fourth-order valence-corrected chi connectivity index (χ4v) is 3.45. The number of hydrogen-bond donors (Lipinski definition) is 1. The van der Waals surface area contributed by atoms with Crippen LogP contribution in [-0.4, -0.2) is 17.0 Å². The molecule has 0 amide bonds. The standard InChI is InChI=1S/C26H32N4/c1-18(2)8-6-9-19(3)12-15-21-10-7-11-23-24(21)25(27)29-26(28-23)30(5)22-16-13-20(4)14-17-22/h7-8,10-14,16-17H,6,9,15H2,1-5H3,(H2,27,28,29). The molecule has 4 heteroatoms. The van der Waals surface area contributed by atoms with E-state index in [1.165, 1.54) is 16.7 Å². The van der Waals surface area contributed by atoms with E-state index in [4.69, 9.17) is 10.7 Å². The summed E-state index contributed by atoms with van der Waals surface area (Å²) in [6.07, 6.45) is 7.57. The van der Waals surface area contributed by atoms with E-state index in [1.807, 2.05) is 24.1 Å². The number of nitrogens with two attached hydrogens (primary N) is 1. The Labute approximate surface area is 180 Å². The third kappa shape index (κ3) is 5.26. The topological polar surface area (TPSA) is 55.0 Å². The van der Waals surface area contributed by atoms with Crippen LogP contribution in [0.5, 0.6) is 0 Å². The van der Waals surface area contributed by atoms with E-state index < -0.39 is 0 Å². The Morgan fingerprint density at radius 2 is 1.73 bits per heavy atom. The Morgan fingerprint density at radius 1 is 1.00 bits per heavy atom. The molecule has 4 nitrogen and oxygen atoms in total. The largest absolute Gasteiger partial charge is 0.383 e. The van der Waals surface area contributed by atoms with Crippen molar-refractivity contribution in [1.82, 2.24) is 9.97 Å². The zero-order valence-electron chi connectivity index (χ0n) is 18.7. The minimum Gasteiger partial charge on any atom is -0.383 e. The molecule has 0 saturated carbocycles. The summed E-state index contributed by atoms with van der Waals surface area (Å²) in [7, 11) is 1.97. The molecule has 0 aliphatic heterocycles. The number of nitrogens with zero attached hydrogens (tertiary/aromatic N) is 3. The molecule has 156 valence electrons. The number of anilines is 3. The molecule has 0 fully saturated rings. The Balaban J connectivity index is 1.86. The molecule has 0 aliphatic carbocycles. The highest BCUT2D eigenvalue weighted by atomic mass is 15.2. The first kappa shape index (κ1) is 21.6. The van der Waals surface area contributed by atoms with E-state index >= 15 is 0 Å². The van der Waals surface area contributed by atoms with Crippen molar-refractivity contribution in [3.8, 4) is 0 Å². The van der Waals surface area contributed by atoms with Gasteiger partial charge >= 0.3 is 0 Å². The molecular weight excluding hydrogens is 368 g/mol. The third-order valence-electron chi connectivity index (χ3n) is 5.31. The predicted octanol–water partition coefficient (Wildman–Crippen LogP) is 6.52. The Kier molecular flexibility index (Phi) is 6.88. The highest BCUT2D eigenvalue weighted by Crippen LogP contribution is 2.28. The molecule has 0 bridgehead atoms. The summed E-state index contributed by atoms with van der Waals surface area (Å²) in [6, 6.07) is 14.5. The van der Waals surface area contributed by atoms with Crippen molar-refractivity contribution in [2.24, 2.45) is 0 Å². The molecule has 1 heterocycles. The van der Waals surface area contributed by atoms with E-state index in [0.717, 1.165) is 41.4 Å². The summed E-state index contributed by atoms with van der Waals surface area (Å²) in [5, 5.41) is 0.951. The van der Waals surface area contributed by atoms with Crippen molar-refractivity contribution < 1.29 is 0 Å². The summed E-state index contributed by atoms with van der Waals surface area (Å²) >= 11 is 0. The molecule has 0 saturated heterocycles. The van der Waals surface area contributed by atoms with Crippen molar-refractivity contribution in [3.63, 3.8) is 0 Å². The van der Waals surface area contributed by atoms with Gasteiger partial charge in [0.2, 0.25) is 5.95 Å². The van der Waals surface area contributed by atoms with Crippen molar-refractivity contribution in [2.75, 3.05) is 17.7 Å². The van der Waals surface area contributed by atoms with Crippen LogP contribution in [0.25, 0.3) is 10.9 Å². The van der Waals surface area contributed by atoms with Crippen LogP contribution in [0.2, 0.25) is 0 Å². The predicted molar refractivity (Wildman–Crippen MR) is 129 cm³/mol. The number of allylic oxidation sites excluding steroid dienone is 4. The van der Waals surface area contributed by atoms with Gasteiger partial charge in [-0.3, -0.25) is 0 Å². The Hall–Kier alpha value is -3.14. The summed E-state index contributed by atoms with van der Waals surface area (Å²) in [4.78, 5) is 11.4. The minimum absolute atomic E-state index is 0.528. The number of benzene rings is 2. The van der Waals surface area contributed by atoms with Crippen LogP contribution < -0.4 is 10.6 Å². The fourth-order valence-electron chi connectivity index (χ4n) is 3.45. The van der Waals surface area contributed by atoms with Gasteiger partial charge in [-0.1, -0.05) is 53.1 Å². The van der Waals surface area contributed by atoms with Crippen LogP contribution in [0.3, 0.4) is 0 Å². The number of hydrogen-bond acceptors (Lipinski definition) is 4. The van der Waals surface area contributed by atoms with E-state index in [1.54, 1.807) is 0 Å². The van der Waals surface area contributed by atoms with Gasteiger partial charge in [0, 0.05) is 18.1 Å². The second kappa shape index (κ2) is 9.57. The highest BCUT2D eigenvalue weighted by molar-refractivity contribution is 5.92. The van der Waals surface area contributed by atoms with Gasteiger partial charge in [-0.05, 0) is 70.7 Å². The zero-order valence-corrected chi connectivity index (χ0v) is 18.7. The fraction of sp³-hybridized carbons (Fsp3) is 0.308. The van der Waals surface area contributed by atoms with Crippen LogP contribution in [0.15, 0.2) is 65.8 Å². The van der Waals surface area contributed by atoms with Crippen LogP contribution in [0.1, 0.15) is 44.7 Å². The normalized spacial score (nSPS) is 11.6. The molecule has 1 aromatic heterocycles. The van der Waals surface area contributed by atoms with E-state index in [2.05, 4.69) is 75.2 Å². The van der Waals surface area contributed by atoms with Crippen molar-refractivity contribution in [2.45, 2.75) is 47.0 Å². The van der Waals surface area contributed by atoms with Crippen LogP contribution >= 0.6 is 0 Å². The summed E-state index contributed by atoms with van der Waals surface area (Å²) in [5.41, 5.74) is 13.5. The van der Waals surface area contributed by atoms with Crippen LogP contribution in [-0.2, 0) is 6.42 Å². The van der Waals surface area contributed by atoms with Crippen molar-refractivity contribution >= 4 is 28.4 Å². The maximum Gasteiger partial charge on any atom is 0.232 e. The minimum atomic E-state index is 0.528. The number of nitrogen functional groups attached to an aromatic ring is 1. The number of rotatable bonds is 7. The lowest BCUT2D eigenvalue weighted by atomic mass is 10.0. The molecule has 3 rings (SSSR count). The maximum absolute atomic E-state index is 6.41. The molecule has 0 unspecified atom stereocenters.